The van der Waals surface area contributed by atoms with Crippen molar-refractivity contribution in [3.63, 3.8) is 0 Å². The van der Waals surface area contributed by atoms with Crippen molar-refractivity contribution in [1.82, 2.24) is 14.1 Å². The highest BCUT2D eigenvalue weighted by Gasteiger charge is 2.28. The van der Waals surface area contributed by atoms with Crippen LogP contribution < -0.4 is 10.5 Å². The lowest BCUT2D eigenvalue weighted by Crippen LogP contribution is -2.32. The molecule has 208 valence electrons. The minimum absolute atomic E-state index is 0.183. The summed E-state index contributed by atoms with van der Waals surface area (Å²) >= 11 is 0. The van der Waals surface area contributed by atoms with Crippen molar-refractivity contribution in [2.75, 3.05) is 18.0 Å². The van der Waals surface area contributed by atoms with Gasteiger partial charge < -0.3 is 9.47 Å². The Morgan fingerprint density at radius 3 is 2.68 bits per heavy atom. The molecule has 0 spiro atoms. The summed E-state index contributed by atoms with van der Waals surface area (Å²) in [5.74, 6) is 3.82. The van der Waals surface area contributed by atoms with Crippen molar-refractivity contribution in [2.45, 2.75) is 59.0 Å². The number of rotatable bonds is 5. The molecule has 6 rings (SSSR count). The SMILES string of the molecule is C#Cc1ccccc1Cn1c(N2CCCCC2)c(C#N)c2ncn(CC3=C4C=CC=CC4CCC=N3)c(=O)c21.CC. The van der Waals surface area contributed by atoms with Crippen molar-refractivity contribution in [3.8, 4) is 18.4 Å². The van der Waals surface area contributed by atoms with Crippen molar-refractivity contribution >= 4 is 23.1 Å². The van der Waals surface area contributed by atoms with Gasteiger partial charge in [0.2, 0.25) is 0 Å². The Balaban J connectivity index is 0.00000165. The smallest absolute Gasteiger partial charge is 0.278 e. The number of terminal acetylenes is 1. The first-order valence-electron chi connectivity index (χ1n) is 14.6. The van der Waals surface area contributed by atoms with Crippen LogP contribution in [-0.4, -0.2) is 33.4 Å². The topological polar surface area (TPSA) is 79.2 Å². The number of hydrogen-bond acceptors (Lipinski definition) is 5. The number of nitrogens with zero attached hydrogens (tertiary/aromatic N) is 6. The van der Waals surface area contributed by atoms with Gasteiger partial charge in [0.1, 0.15) is 28.5 Å². The molecule has 1 unspecified atom stereocenters. The van der Waals surface area contributed by atoms with E-state index in [0.717, 1.165) is 73.4 Å². The van der Waals surface area contributed by atoms with E-state index in [1.54, 1.807) is 10.9 Å². The second kappa shape index (κ2) is 12.7. The van der Waals surface area contributed by atoms with Crippen LogP contribution >= 0.6 is 0 Å². The fraction of sp³-hybridized carbons (Fsp3) is 0.353. The molecule has 4 heterocycles. The van der Waals surface area contributed by atoms with Gasteiger partial charge >= 0.3 is 0 Å². The Kier molecular flexibility index (Phi) is 8.65. The van der Waals surface area contributed by atoms with Crippen LogP contribution in [0, 0.1) is 29.6 Å². The van der Waals surface area contributed by atoms with E-state index in [1.165, 1.54) is 0 Å². The summed E-state index contributed by atoms with van der Waals surface area (Å²) in [7, 11) is 0. The largest absolute Gasteiger partial charge is 0.357 e. The summed E-state index contributed by atoms with van der Waals surface area (Å²) in [6, 6.07) is 10.1. The van der Waals surface area contributed by atoms with E-state index in [0.29, 0.717) is 35.6 Å². The zero-order valence-corrected chi connectivity index (χ0v) is 23.9. The highest BCUT2D eigenvalue weighted by Crippen LogP contribution is 2.33. The number of fused-ring (bicyclic) bond motifs is 2. The monoisotopic (exact) mass is 544 g/mol. The fourth-order valence-electron chi connectivity index (χ4n) is 5.97. The molecule has 0 amide bonds. The van der Waals surface area contributed by atoms with E-state index >= 15 is 0 Å². The molecule has 0 N–H and O–H groups in total. The number of benzene rings is 1. The number of allylic oxidation sites excluding steroid dienone is 6. The van der Waals surface area contributed by atoms with Crippen LogP contribution in [0.1, 0.15) is 62.6 Å². The normalized spacial score (nSPS) is 17.9. The number of anilines is 1. The third-order valence-electron chi connectivity index (χ3n) is 7.91. The minimum atomic E-state index is -0.183. The second-order valence-corrected chi connectivity index (χ2v) is 10.3. The second-order valence-electron chi connectivity index (χ2n) is 10.3. The molecule has 7 nitrogen and oxygen atoms in total. The average molecular weight is 545 g/mol. The summed E-state index contributed by atoms with van der Waals surface area (Å²) in [6.45, 7) is 6.37. The molecule has 2 aliphatic heterocycles. The summed E-state index contributed by atoms with van der Waals surface area (Å²) in [6.07, 6.45) is 22.9. The van der Waals surface area contributed by atoms with Crippen molar-refractivity contribution in [3.05, 3.63) is 93.2 Å². The van der Waals surface area contributed by atoms with Crippen molar-refractivity contribution in [2.24, 2.45) is 10.9 Å². The van der Waals surface area contributed by atoms with Gasteiger partial charge in [-0.3, -0.25) is 14.4 Å². The summed E-state index contributed by atoms with van der Waals surface area (Å²) in [5, 5.41) is 10.3. The number of piperidine rings is 1. The lowest BCUT2D eigenvalue weighted by atomic mass is 9.90. The average Bonchev–Trinajstić information content (AvgIpc) is 3.20. The number of aromatic nitrogens is 3. The standard InChI is InChI=1S/C32H30N6O.C2H6/c1-2-23-11-4-5-13-25(23)20-38-30-29(27(19-33)31(38)36-17-8-3-9-18-36)35-22-37(32(30)39)21-28-26-15-7-6-12-24(26)14-10-16-34-28;1-2/h1,4-7,11-13,15-16,22,24H,3,8-10,14,17-18,20-21H2;1-2H3. The molecular weight excluding hydrogens is 508 g/mol. The van der Waals surface area contributed by atoms with Gasteiger partial charge in [-0.25, -0.2) is 4.98 Å². The quantitative estimate of drug-likeness (QED) is 0.371. The van der Waals surface area contributed by atoms with E-state index < -0.39 is 0 Å². The summed E-state index contributed by atoms with van der Waals surface area (Å²) in [4.78, 5) is 25.9. The first-order chi connectivity index (χ1) is 20.2. The predicted molar refractivity (Wildman–Crippen MR) is 166 cm³/mol. The summed E-state index contributed by atoms with van der Waals surface area (Å²) in [5.41, 5.74) is 4.85. The molecule has 1 fully saturated rings. The first-order valence-corrected chi connectivity index (χ1v) is 14.6. The third kappa shape index (κ3) is 5.41. The molecule has 0 saturated carbocycles. The highest BCUT2D eigenvalue weighted by molar-refractivity contribution is 5.89. The maximum Gasteiger partial charge on any atom is 0.278 e. The number of aliphatic imine (C=N–C) groups is 1. The molecule has 2 aromatic heterocycles. The zero-order valence-electron chi connectivity index (χ0n) is 23.9. The van der Waals surface area contributed by atoms with Crippen LogP contribution in [0.3, 0.4) is 0 Å². The van der Waals surface area contributed by atoms with Crippen LogP contribution in [0.2, 0.25) is 0 Å². The van der Waals surface area contributed by atoms with Crippen LogP contribution in [0.5, 0.6) is 0 Å². The van der Waals surface area contributed by atoms with Crippen LogP contribution in [0.4, 0.5) is 5.82 Å². The molecule has 1 aliphatic carbocycles. The van der Waals surface area contributed by atoms with Gasteiger partial charge in [0.05, 0.1) is 25.1 Å². The van der Waals surface area contributed by atoms with Gasteiger partial charge in [-0.15, -0.1) is 6.42 Å². The van der Waals surface area contributed by atoms with Gasteiger partial charge in [-0.1, -0.05) is 62.3 Å². The Morgan fingerprint density at radius 1 is 1.10 bits per heavy atom. The van der Waals surface area contributed by atoms with Gasteiger partial charge in [-0.2, -0.15) is 5.26 Å². The van der Waals surface area contributed by atoms with Gasteiger partial charge in [0.25, 0.3) is 5.56 Å². The fourth-order valence-corrected chi connectivity index (χ4v) is 5.97. The molecule has 0 bridgehead atoms. The van der Waals surface area contributed by atoms with Gasteiger partial charge in [0.15, 0.2) is 0 Å². The van der Waals surface area contributed by atoms with Crippen LogP contribution in [0.25, 0.3) is 11.0 Å². The molecule has 1 aromatic carbocycles. The Labute approximate surface area is 241 Å². The van der Waals surface area contributed by atoms with E-state index in [1.807, 2.05) is 55.0 Å². The maximum absolute atomic E-state index is 14.2. The Bertz CT molecular complexity index is 1700. The van der Waals surface area contributed by atoms with Crippen LogP contribution in [-0.2, 0) is 13.1 Å². The summed E-state index contributed by atoms with van der Waals surface area (Å²) < 4.78 is 3.60. The van der Waals surface area contributed by atoms with E-state index in [-0.39, 0.29) is 5.56 Å². The van der Waals surface area contributed by atoms with E-state index in [9.17, 15) is 10.1 Å². The number of hydrogen-bond donors (Lipinski definition) is 0. The zero-order chi connectivity index (χ0) is 28.8. The van der Waals surface area contributed by atoms with Gasteiger partial charge in [0, 0.05) is 30.8 Å². The lowest BCUT2D eigenvalue weighted by Gasteiger charge is -2.30. The first kappa shape index (κ1) is 27.9. The molecule has 1 saturated heterocycles. The Hall–Kier alpha value is -4.62. The molecule has 7 heteroatoms. The van der Waals surface area contributed by atoms with Gasteiger partial charge in [-0.05, 0) is 49.3 Å². The molecule has 0 radical (unpaired) electrons. The Morgan fingerprint density at radius 2 is 1.90 bits per heavy atom. The molecule has 3 aromatic rings. The maximum atomic E-state index is 14.2. The molecule has 41 heavy (non-hydrogen) atoms. The predicted octanol–water partition coefficient (Wildman–Crippen LogP) is 5.98. The van der Waals surface area contributed by atoms with Crippen molar-refractivity contribution < 1.29 is 0 Å². The lowest BCUT2D eigenvalue weighted by molar-refractivity contribution is 0.564. The molecular formula is C34H36N6O. The third-order valence-corrected chi connectivity index (χ3v) is 7.91. The van der Waals surface area contributed by atoms with Crippen molar-refractivity contribution in [1.29, 1.82) is 5.26 Å². The molecule has 1 atom stereocenters. The van der Waals surface area contributed by atoms with E-state index in [2.05, 4.69) is 35.1 Å². The van der Waals surface area contributed by atoms with E-state index in [4.69, 9.17) is 16.4 Å². The minimum Gasteiger partial charge on any atom is -0.357 e. The highest BCUT2D eigenvalue weighted by atomic mass is 16.1. The van der Waals surface area contributed by atoms with Crippen LogP contribution in [0.15, 0.2) is 76.0 Å². The molecule has 3 aliphatic rings. The number of nitriles is 1.